The minimum absolute atomic E-state index is 0.0759. The minimum atomic E-state index is -0.358. The van der Waals surface area contributed by atoms with Crippen molar-refractivity contribution in [1.82, 2.24) is 19.4 Å². The van der Waals surface area contributed by atoms with Crippen LogP contribution in [0.5, 0.6) is 0 Å². The Morgan fingerprint density at radius 2 is 1.92 bits per heavy atom. The Morgan fingerprint density at radius 3 is 2.58 bits per heavy atom. The van der Waals surface area contributed by atoms with Gasteiger partial charge in [-0.1, -0.05) is 11.6 Å². The number of halogens is 1. The quantitative estimate of drug-likeness (QED) is 0.725. The minimum Gasteiger partial charge on any atom is -0.308 e. The fraction of sp³-hybridized carbons (Fsp3) is 0.250. The van der Waals surface area contributed by atoms with Crippen molar-refractivity contribution in [1.29, 1.82) is 0 Å². The molecule has 0 spiro atoms. The molecule has 0 unspecified atom stereocenters. The Bertz CT molecular complexity index is 930. The molecule has 8 heteroatoms. The number of rotatable bonds is 4. The van der Waals surface area contributed by atoms with Gasteiger partial charge in [0.25, 0.3) is 5.56 Å². The van der Waals surface area contributed by atoms with Crippen LogP contribution < -0.4 is 10.5 Å². The van der Waals surface area contributed by atoms with E-state index in [2.05, 4.69) is 10.2 Å². The van der Waals surface area contributed by atoms with E-state index in [1.807, 2.05) is 13.8 Å². The van der Waals surface area contributed by atoms with Crippen LogP contribution in [0.1, 0.15) is 13.8 Å². The van der Waals surface area contributed by atoms with Gasteiger partial charge in [-0.25, -0.2) is 9.20 Å². The largest absolute Gasteiger partial charge is 0.308 e. The van der Waals surface area contributed by atoms with Crippen LogP contribution in [0.2, 0.25) is 5.02 Å². The van der Waals surface area contributed by atoms with Gasteiger partial charge in [0.15, 0.2) is 0 Å². The molecule has 0 aliphatic carbocycles. The van der Waals surface area contributed by atoms with Crippen molar-refractivity contribution in [2.24, 2.45) is 0 Å². The summed E-state index contributed by atoms with van der Waals surface area (Å²) in [6.07, 6.45) is 2.92. The van der Waals surface area contributed by atoms with E-state index in [0.29, 0.717) is 10.5 Å². The van der Waals surface area contributed by atoms with Crippen LogP contribution in [0.25, 0.3) is 5.52 Å². The third-order valence-electron chi connectivity index (χ3n) is 3.60. The van der Waals surface area contributed by atoms with Gasteiger partial charge in [0, 0.05) is 16.8 Å². The highest BCUT2D eigenvalue weighted by molar-refractivity contribution is 6.30. The van der Waals surface area contributed by atoms with Crippen molar-refractivity contribution in [2.75, 3.05) is 4.90 Å². The van der Waals surface area contributed by atoms with Gasteiger partial charge >= 0.3 is 0 Å². The molecule has 0 atom stereocenters. The van der Waals surface area contributed by atoms with Crippen molar-refractivity contribution >= 4 is 28.7 Å². The Labute approximate surface area is 143 Å². The normalized spacial score (nSPS) is 11.2. The lowest BCUT2D eigenvalue weighted by Gasteiger charge is -2.27. The van der Waals surface area contributed by atoms with Crippen LogP contribution in [0.3, 0.4) is 0 Å². The summed E-state index contributed by atoms with van der Waals surface area (Å²) >= 11 is 5.90. The molecule has 0 bridgehead atoms. The lowest BCUT2D eigenvalue weighted by atomic mass is 10.2. The number of anilines is 1. The van der Waals surface area contributed by atoms with Gasteiger partial charge < -0.3 is 4.90 Å². The topological polar surface area (TPSA) is 72.5 Å². The van der Waals surface area contributed by atoms with Crippen molar-refractivity contribution in [3.8, 4) is 0 Å². The summed E-state index contributed by atoms with van der Waals surface area (Å²) in [5.41, 5.74) is 0.737. The van der Waals surface area contributed by atoms with E-state index in [1.54, 1.807) is 35.2 Å². The second-order valence-electron chi connectivity index (χ2n) is 5.59. The van der Waals surface area contributed by atoms with Gasteiger partial charge in [-0.3, -0.25) is 9.59 Å². The summed E-state index contributed by atoms with van der Waals surface area (Å²) in [6.45, 7) is 3.66. The molecule has 1 amide bonds. The highest BCUT2D eigenvalue weighted by atomic mass is 35.5. The maximum atomic E-state index is 12.7. The van der Waals surface area contributed by atoms with Gasteiger partial charge in [-0.15, -0.1) is 0 Å². The molecular weight excluding hydrogens is 330 g/mol. The smallest absolute Gasteiger partial charge is 0.293 e. The third kappa shape index (κ3) is 3.03. The Hall–Kier alpha value is -2.67. The zero-order valence-electron chi connectivity index (χ0n) is 13.3. The third-order valence-corrected chi connectivity index (χ3v) is 3.85. The first-order valence-corrected chi connectivity index (χ1v) is 7.82. The molecule has 3 aromatic rings. The second-order valence-corrected chi connectivity index (χ2v) is 6.03. The zero-order valence-corrected chi connectivity index (χ0v) is 14.0. The number of amides is 1. The lowest BCUT2D eigenvalue weighted by molar-refractivity contribution is -0.119. The summed E-state index contributed by atoms with van der Waals surface area (Å²) in [4.78, 5) is 26.7. The molecule has 0 radical (unpaired) electrons. The van der Waals surface area contributed by atoms with E-state index in [9.17, 15) is 9.59 Å². The molecular formula is C16H16ClN5O2. The van der Waals surface area contributed by atoms with E-state index >= 15 is 0 Å². The lowest BCUT2D eigenvalue weighted by Crippen LogP contribution is -2.41. The first-order chi connectivity index (χ1) is 11.5. The van der Waals surface area contributed by atoms with E-state index in [0.717, 1.165) is 10.4 Å². The molecule has 2 aromatic heterocycles. The van der Waals surface area contributed by atoms with Gasteiger partial charge in [0.05, 0.1) is 6.20 Å². The summed E-state index contributed by atoms with van der Waals surface area (Å²) < 4.78 is 2.52. The molecule has 0 fully saturated rings. The van der Waals surface area contributed by atoms with Gasteiger partial charge in [-0.05, 0) is 44.2 Å². The zero-order chi connectivity index (χ0) is 17.3. The molecule has 2 heterocycles. The number of nitrogens with zero attached hydrogens (tertiary/aromatic N) is 5. The number of hydrogen-bond acceptors (Lipinski definition) is 4. The Kier molecular flexibility index (Phi) is 4.35. The SMILES string of the molecule is CC(C)N(C(=O)Cn1ncn2nccc2c1=O)c1ccc(Cl)cc1. The summed E-state index contributed by atoms with van der Waals surface area (Å²) in [5.74, 6) is -0.231. The van der Waals surface area contributed by atoms with E-state index in [4.69, 9.17) is 11.6 Å². The average molecular weight is 346 g/mol. The molecule has 0 N–H and O–H groups in total. The molecule has 1 aromatic carbocycles. The van der Waals surface area contributed by atoms with Crippen LogP contribution >= 0.6 is 11.6 Å². The van der Waals surface area contributed by atoms with Crippen LogP contribution in [0.15, 0.2) is 47.7 Å². The highest BCUT2D eigenvalue weighted by Gasteiger charge is 2.20. The second kappa shape index (κ2) is 6.45. The number of carbonyl (C=O) groups is 1. The Balaban J connectivity index is 1.91. The van der Waals surface area contributed by atoms with Crippen LogP contribution in [0, 0.1) is 0 Å². The number of hydrogen-bond donors (Lipinski definition) is 0. The maximum absolute atomic E-state index is 12.7. The molecule has 0 saturated carbocycles. The number of aromatic nitrogens is 4. The number of fused-ring (bicyclic) bond motifs is 1. The van der Waals surface area contributed by atoms with E-state index in [1.165, 1.54) is 17.0 Å². The molecule has 124 valence electrons. The summed E-state index contributed by atoms with van der Waals surface area (Å²) in [5, 5.41) is 8.55. The fourth-order valence-corrected chi connectivity index (χ4v) is 2.65. The fourth-order valence-electron chi connectivity index (χ4n) is 2.52. The monoisotopic (exact) mass is 345 g/mol. The first-order valence-electron chi connectivity index (χ1n) is 7.44. The summed E-state index contributed by atoms with van der Waals surface area (Å²) in [6, 6.07) is 8.51. The highest BCUT2D eigenvalue weighted by Crippen LogP contribution is 2.20. The first kappa shape index (κ1) is 16.2. The Morgan fingerprint density at radius 1 is 1.21 bits per heavy atom. The molecule has 0 aliphatic heterocycles. The average Bonchev–Trinajstić information content (AvgIpc) is 3.01. The standard InChI is InChI=1S/C16H16ClN5O2/c1-11(2)22(13-5-3-12(17)4-6-13)15(23)9-20-16(24)14-7-8-18-21(14)10-19-20/h3-8,10-11H,9H2,1-2H3. The van der Waals surface area contributed by atoms with Crippen molar-refractivity contribution < 1.29 is 4.79 Å². The maximum Gasteiger partial charge on any atom is 0.293 e. The van der Waals surface area contributed by atoms with E-state index < -0.39 is 0 Å². The molecule has 3 rings (SSSR count). The predicted octanol–water partition coefficient (Wildman–Crippen LogP) is 1.99. The van der Waals surface area contributed by atoms with Gasteiger partial charge in [0.1, 0.15) is 18.4 Å². The molecule has 7 nitrogen and oxygen atoms in total. The molecule has 24 heavy (non-hydrogen) atoms. The van der Waals surface area contributed by atoms with Crippen LogP contribution in [-0.4, -0.2) is 31.3 Å². The summed E-state index contributed by atoms with van der Waals surface area (Å²) in [7, 11) is 0. The van der Waals surface area contributed by atoms with Crippen LogP contribution in [-0.2, 0) is 11.3 Å². The molecule has 0 saturated heterocycles. The number of carbonyl (C=O) groups excluding carboxylic acids is 1. The van der Waals surface area contributed by atoms with Gasteiger partial charge in [0.2, 0.25) is 5.91 Å². The van der Waals surface area contributed by atoms with Crippen molar-refractivity contribution in [3.05, 3.63) is 58.2 Å². The van der Waals surface area contributed by atoms with Crippen LogP contribution in [0.4, 0.5) is 5.69 Å². The van der Waals surface area contributed by atoms with Gasteiger partial charge in [-0.2, -0.15) is 10.2 Å². The molecule has 0 aliphatic rings. The van der Waals surface area contributed by atoms with E-state index in [-0.39, 0.29) is 24.1 Å². The predicted molar refractivity (Wildman–Crippen MR) is 91.3 cm³/mol. The van der Waals surface area contributed by atoms with Crippen molar-refractivity contribution in [3.63, 3.8) is 0 Å². The number of benzene rings is 1. The van der Waals surface area contributed by atoms with Crippen molar-refractivity contribution in [2.45, 2.75) is 26.4 Å².